The van der Waals surface area contributed by atoms with Crippen molar-refractivity contribution < 1.29 is 4.74 Å². The molecule has 0 spiro atoms. The Morgan fingerprint density at radius 2 is 2.05 bits per heavy atom. The monoisotopic (exact) mass is 276 g/mol. The lowest BCUT2D eigenvalue weighted by atomic mass is 10.0. The summed E-state index contributed by atoms with van der Waals surface area (Å²) in [6, 6.07) is 9.79. The van der Waals surface area contributed by atoms with E-state index in [1.165, 1.54) is 11.1 Å². The molecule has 3 unspecified atom stereocenters. The molecule has 1 fully saturated rings. The molecule has 1 aliphatic rings. The van der Waals surface area contributed by atoms with Gasteiger partial charge in [-0.1, -0.05) is 36.8 Å². The lowest BCUT2D eigenvalue weighted by molar-refractivity contribution is -0.0584. The minimum absolute atomic E-state index is 0.341. The SMILES string of the molecule is CCC1COC(C)CN1CC(NC)c1ccc(C)cc1. The van der Waals surface area contributed by atoms with Gasteiger partial charge >= 0.3 is 0 Å². The number of morpholine rings is 1. The number of likely N-dealkylation sites (N-methyl/N-ethyl adjacent to an activating group) is 1. The van der Waals surface area contributed by atoms with E-state index in [4.69, 9.17) is 4.74 Å². The number of ether oxygens (including phenoxy) is 1. The van der Waals surface area contributed by atoms with Gasteiger partial charge in [0.15, 0.2) is 0 Å². The summed E-state index contributed by atoms with van der Waals surface area (Å²) >= 11 is 0. The van der Waals surface area contributed by atoms with E-state index < -0.39 is 0 Å². The van der Waals surface area contributed by atoms with E-state index in [0.29, 0.717) is 18.2 Å². The van der Waals surface area contributed by atoms with E-state index in [-0.39, 0.29) is 0 Å². The van der Waals surface area contributed by atoms with Crippen molar-refractivity contribution in [2.24, 2.45) is 0 Å². The zero-order valence-corrected chi connectivity index (χ0v) is 13.2. The van der Waals surface area contributed by atoms with Crippen LogP contribution in [0.15, 0.2) is 24.3 Å². The van der Waals surface area contributed by atoms with Crippen LogP contribution in [0.2, 0.25) is 0 Å². The average Bonchev–Trinajstić information content (AvgIpc) is 2.46. The minimum atomic E-state index is 0.341. The maximum absolute atomic E-state index is 5.79. The average molecular weight is 276 g/mol. The van der Waals surface area contributed by atoms with E-state index in [0.717, 1.165) is 26.1 Å². The highest BCUT2D eigenvalue weighted by Crippen LogP contribution is 2.20. The molecular formula is C17H28N2O. The molecule has 1 heterocycles. The predicted octanol–water partition coefficient (Wildman–Crippen LogP) is 2.75. The molecule has 3 heteroatoms. The van der Waals surface area contributed by atoms with Crippen molar-refractivity contribution in [3.63, 3.8) is 0 Å². The van der Waals surface area contributed by atoms with Crippen LogP contribution in [0, 0.1) is 6.92 Å². The summed E-state index contributed by atoms with van der Waals surface area (Å²) in [7, 11) is 2.05. The Kier molecular flexibility index (Phi) is 5.58. The number of nitrogens with one attached hydrogen (secondary N) is 1. The lowest BCUT2D eigenvalue weighted by Crippen LogP contribution is -2.50. The molecule has 0 aliphatic carbocycles. The van der Waals surface area contributed by atoms with Crippen LogP contribution in [-0.4, -0.2) is 43.8 Å². The second-order valence-corrected chi connectivity index (χ2v) is 5.91. The van der Waals surface area contributed by atoms with Crippen molar-refractivity contribution in [1.29, 1.82) is 0 Å². The molecule has 3 atom stereocenters. The smallest absolute Gasteiger partial charge is 0.0674 e. The topological polar surface area (TPSA) is 24.5 Å². The second kappa shape index (κ2) is 7.21. The molecule has 0 bridgehead atoms. The first kappa shape index (κ1) is 15.5. The summed E-state index contributed by atoms with van der Waals surface area (Å²) in [6.07, 6.45) is 1.49. The zero-order valence-electron chi connectivity index (χ0n) is 13.2. The van der Waals surface area contributed by atoms with Crippen LogP contribution in [0.4, 0.5) is 0 Å². The Bertz CT molecular complexity index is 404. The molecule has 0 aromatic heterocycles. The van der Waals surface area contributed by atoms with E-state index in [1.54, 1.807) is 0 Å². The number of hydrogen-bond acceptors (Lipinski definition) is 3. The molecule has 1 aromatic rings. The fraction of sp³-hybridized carbons (Fsp3) is 0.647. The highest BCUT2D eigenvalue weighted by molar-refractivity contribution is 5.24. The number of nitrogens with zero attached hydrogens (tertiary/aromatic N) is 1. The van der Waals surface area contributed by atoms with Gasteiger partial charge in [0, 0.05) is 25.2 Å². The van der Waals surface area contributed by atoms with Crippen molar-refractivity contribution in [3.8, 4) is 0 Å². The van der Waals surface area contributed by atoms with E-state index in [1.807, 2.05) is 0 Å². The van der Waals surface area contributed by atoms with Crippen LogP contribution in [0.5, 0.6) is 0 Å². The van der Waals surface area contributed by atoms with Crippen LogP contribution >= 0.6 is 0 Å². The van der Waals surface area contributed by atoms with Gasteiger partial charge in [-0.2, -0.15) is 0 Å². The summed E-state index contributed by atoms with van der Waals surface area (Å²) in [6.45, 7) is 9.49. The fourth-order valence-corrected chi connectivity index (χ4v) is 2.91. The Morgan fingerprint density at radius 3 is 2.65 bits per heavy atom. The van der Waals surface area contributed by atoms with Crippen molar-refractivity contribution >= 4 is 0 Å². The third kappa shape index (κ3) is 3.81. The highest BCUT2D eigenvalue weighted by Gasteiger charge is 2.27. The van der Waals surface area contributed by atoms with Crippen LogP contribution in [0.25, 0.3) is 0 Å². The normalized spacial score (nSPS) is 25.6. The summed E-state index contributed by atoms with van der Waals surface area (Å²) in [5.74, 6) is 0. The van der Waals surface area contributed by atoms with Gasteiger partial charge < -0.3 is 10.1 Å². The Labute approximate surface area is 123 Å². The first-order chi connectivity index (χ1) is 9.63. The van der Waals surface area contributed by atoms with Gasteiger partial charge in [0.2, 0.25) is 0 Å². The molecular weight excluding hydrogens is 248 g/mol. The van der Waals surface area contributed by atoms with Gasteiger partial charge in [0.05, 0.1) is 12.7 Å². The molecule has 0 amide bonds. The maximum atomic E-state index is 5.79. The molecule has 2 rings (SSSR count). The standard InChI is InChI=1S/C17H28N2O/c1-5-16-12-20-14(3)10-19(16)11-17(18-4)15-8-6-13(2)7-9-15/h6-9,14,16-18H,5,10-12H2,1-4H3. The van der Waals surface area contributed by atoms with Crippen molar-refractivity contribution in [3.05, 3.63) is 35.4 Å². The largest absolute Gasteiger partial charge is 0.376 e. The first-order valence-electron chi connectivity index (χ1n) is 7.73. The van der Waals surface area contributed by atoms with Crippen LogP contribution in [0.1, 0.15) is 37.4 Å². The van der Waals surface area contributed by atoms with E-state index in [9.17, 15) is 0 Å². The van der Waals surface area contributed by atoms with Crippen LogP contribution in [0.3, 0.4) is 0 Å². The molecule has 1 aromatic carbocycles. The minimum Gasteiger partial charge on any atom is -0.376 e. The van der Waals surface area contributed by atoms with Crippen molar-refractivity contribution in [2.45, 2.75) is 45.4 Å². The molecule has 20 heavy (non-hydrogen) atoms. The van der Waals surface area contributed by atoms with Gasteiger partial charge in [-0.3, -0.25) is 4.90 Å². The quantitative estimate of drug-likeness (QED) is 0.895. The molecule has 0 saturated carbocycles. The predicted molar refractivity (Wildman–Crippen MR) is 84.0 cm³/mol. The highest BCUT2D eigenvalue weighted by atomic mass is 16.5. The second-order valence-electron chi connectivity index (χ2n) is 5.91. The molecule has 1 N–H and O–H groups in total. The fourth-order valence-electron chi connectivity index (χ4n) is 2.91. The number of benzene rings is 1. The van der Waals surface area contributed by atoms with Gasteiger partial charge in [-0.15, -0.1) is 0 Å². The molecule has 1 aliphatic heterocycles. The zero-order chi connectivity index (χ0) is 14.5. The number of rotatable bonds is 5. The number of hydrogen-bond donors (Lipinski definition) is 1. The van der Waals surface area contributed by atoms with Gasteiger partial charge in [-0.25, -0.2) is 0 Å². The molecule has 112 valence electrons. The summed E-state index contributed by atoms with van der Waals surface area (Å²) in [5.41, 5.74) is 2.68. The summed E-state index contributed by atoms with van der Waals surface area (Å²) in [5, 5.41) is 3.46. The van der Waals surface area contributed by atoms with Crippen molar-refractivity contribution in [2.75, 3.05) is 26.7 Å². The van der Waals surface area contributed by atoms with E-state index in [2.05, 4.69) is 62.3 Å². The third-order valence-electron chi connectivity index (χ3n) is 4.30. The third-order valence-corrected chi connectivity index (χ3v) is 4.30. The first-order valence-corrected chi connectivity index (χ1v) is 7.73. The van der Waals surface area contributed by atoms with Crippen molar-refractivity contribution in [1.82, 2.24) is 10.2 Å². The molecule has 0 radical (unpaired) electrons. The van der Waals surface area contributed by atoms with Gasteiger partial charge in [0.25, 0.3) is 0 Å². The van der Waals surface area contributed by atoms with E-state index >= 15 is 0 Å². The van der Waals surface area contributed by atoms with Gasteiger partial charge in [-0.05, 0) is 32.9 Å². The maximum Gasteiger partial charge on any atom is 0.0674 e. The van der Waals surface area contributed by atoms with Crippen LogP contribution < -0.4 is 5.32 Å². The summed E-state index contributed by atoms with van der Waals surface area (Å²) < 4.78 is 5.79. The Balaban J connectivity index is 2.06. The van der Waals surface area contributed by atoms with Gasteiger partial charge in [0.1, 0.15) is 0 Å². The molecule has 3 nitrogen and oxygen atoms in total. The van der Waals surface area contributed by atoms with Crippen LogP contribution in [-0.2, 0) is 4.74 Å². The Hall–Kier alpha value is -0.900. The summed E-state index contributed by atoms with van der Waals surface area (Å²) in [4.78, 5) is 2.58. The molecule has 1 saturated heterocycles. The lowest BCUT2D eigenvalue weighted by Gasteiger charge is -2.40. The Morgan fingerprint density at radius 1 is 1.35 bits per heavy atom. The number of aryl methyl sites for hydroxylation is 1.